The molecule has 1 N–H and O–H groups in total. The number of amides is 1. The zero-order valence-electron chi connectivity index (χ0n) is 11.7. The van der Waals surface area contributed by atoms with E-state index in [1.54, 1.807) is 24.3 Å². The molecule has 0 heterocycles. The molecule has 2 aromatic rings. The highest BCUT2D eigenvalue weighted by molar-refractivity contribution is 6.30. The quantitative estimate of drug-likeness (QED) is 0.820. The molecule has 23 heavy (non-hydrogen) atoms. The Morgan fingerprint density at radius 1 is 1.13 bits per heavy atom. The van der Waals surface area contributed by atoms with Gasteiger partial charge >= 0.3 is 6.18 Å². The van der Waals surface area contributed by atoms with Crippen LogP contribution in [0.5, 0.6) is 0 Å². The summed E-state index contributed by atoms with van der Waals surface area (Å²) in [5.74, 6) is 4.90. The Morgan fingerprint density at radius 3 is 2.57 bits per heavy atom. The molecule has 0 aliphatic carbocycles. The third kappa shape index (κ3) is 5.04. The molecule has 0 aliphatic rings. The van der Waals surface area contributed by atoms with E-state index in [0.29, 0.717) is 10.6 Å². The lowest BCUT2D eigenvalue weighted by Gasteiger charge is -2.08. The Bertz CT molecular complexity index is 775. The van der Waals surface area contributed by atoms with E-state index in [2.05, 4.69) is 17.2 Å². The molecule has 6 heteroatoms. The van der Waals surface area contributed by atoms with Gasteiger partial charge in [0.2, 0.25) is 0 Å². The summed E-state index contributed by atoms with van der Waals surface area (Å²) in [6.45, 7) is 0.0155. The summed E-state index contributed by atoms with van der Waals surface area (Å²) in [7, 11) is 0. The van der Waals surface area contributed by atoms with Crippen molar-refractivity contribution in [3.8, 4) is 11.8 Å². The number of hydrogen-bond acceptors (Lipinski definition) is 1. The zero-order valence-corrected chi connectivity index (χ0v) is 12.5. The van der Waals surface area contributed by atoms with Crippen molar-refractivity contribution >= 4 is 17.5 Å². The molecule has 118 valence electrons. The van der Waals surface area contributed by atoms with Crippen molar-refractivity contribution in [1.82, 2.24) is 5.32 Å². The fraction of sp³-hybridized carbons (Fsp3) is 0.118. The maximum absolute atomic E-state index is 12.6. The maximum Gasteiger partial charge on any atom is 0.416 e. The van der Waals surface area contributed by atoms with Gasteiger partial charge in [0.1, 0.15) is 0 Å². The molecule has 0 aromatic heterocycles. The summed E-state index contributed by atoms with van der Waals surface area (Å²) in [6.07, 6.45) is -4.48. The van der Waals surface area contributed by atoms with E-state index in [4.69, 9.17) is 11.6 Å². The Labute approximate surface area is 136 Å². The first-order chi connectivity index (χ1) is 10.9. The van der Waals surface area contributed by atoms with Crippen molar-refractivity contribution in [2.75, 3.05) is 6.54 Å². The van der Waals surface area contributed by atoms with Gasteiger partial charge in [-0.15, -0.1) is 0 Å². The normalized spacial score (nSPS) is 10.6. The van der Waals surface area contributed by atoms with Crippen LogP contribution in [0.1, 0.15) is 21.5 Å². The molecule has 0 saturated heterocycles. The maximum atomic E-state index is 12.6. The summed E-state index contributed by atoms with van der Waals surface area (Å²) in [4.78, 5) is 11.8. The van der Waals surface area contributed by atoms with Crippen LogP contribution in [0.15, 0.2) is 48.5 Å². The Balaban J connectivity index is 1.98. The molecule has 0 fully saturated rings. The molecule has 0 bridgehead atoms. The number of hydrogen-bond donors (Lipinski definition) is 1. The highest BCUT2D eigenvalue weighted by atomic mass is 35.5. The van der Waals surface area contributed by atoms with Gasteiger partial charge in [-0.05, 0) is 36.4 Å². The zero-order chi connectivity index (χ0) is 16.9. The minimum Gasteiger partial charge on any atom is -0.341 e. The summed E-state index contributed by atoms with van der Waals surface area (Å²) >= 11 is 5.81. The van der Waals surface area contributed by atoms with Crippen molar-refractivity contribution in [2.45, 2.75) is 6.18 Å². The number of carbonyl (C=O) groups excluding carboxylic acids is 1. The van der Waals surface area contributed by atoms with Gasteiger partial charge in [-0.25, -0.2) is 0 Å². The second kappa shape index (κ2) is 7.21. The largest absolute Gasteiger partial charge is 0.416 e. The number of benzene rings is 2. The van der Waals surface area contributed by atoms with Gasteiger partial charge in [-0.3, -0.25) is 4.79 Å². The second-order valence-electron chi connectivity index (χ2n) is 4.57. The highest BCUT2D eigenvalue weighted by Gasteiger charge is 2.30. The van der Waals surface area contributed by atoms with Crippen LogP contribution in [0.25, 0.3) is 0 Å². The molecular weight excluding hydrogens is 327 g/mol. The van der Waals surface area contributed by atoms with Gasteiger partial charge in [0, 0.05) is 16.1 Å². The van der Waals surface area contributed by atoms with Crippen molar-refractivity contribution in [3.05, 3.63) is 70.2 Å². The SMILES string of the molecule is O=C(NCC#Cc1cccc(Cl)c1)c1cccc(C(F)(F)F)c1. The lowest BCUT2D eigenvalue weighted by molar-refractivity contribution is -0.137. The standard InChI is InChI=1S/C17H11ClF3NO/c18-15-8-1-4-12(10-15)5-3-9-22-16(23)13-6-2-7-14(11-13)17(19,20)21/h1-2,4,6-8,10-11H,9H2,(H,22,23). The van der Waals surface area contributed by atoms with Crippen LogP contribution in [-0.4, -0.2) is 12.5 Å². The van der Waals surface area contributed by atoms with E-state index in [1.807, 2.05) is 0 Å². The molecule has 2 aromatic carbocycles. The van der Waals surface area contributed by atoms with Gasteiger partial charge in [-0.2, -0.15) is 13.2 Å². The van der Waals surface area contributed by atoms with E-state index in [1.165, 1.54) is 12.1 Å². The first-order valence-electron chi connectivity index (χ1n) is 6.56. The monoisotopic (exact) mass is 337 g/mol. The van der Waals surface area contributed by atoms with E-state index in [9.17, 15) is 18.0 Å². The Kier molecular flexibility index (Phi) is 5.30. The molecule has 0 saturated carbocycles. The summed E-state index contributed by atoms with van der Waals surface area (Å²) in [6, 6.07) is 11.1. The van der Waals surface area contributed by atoms with Crippen LogP contribution < -0.4 is 5.32 Å². The minimum atomic E-state index is -4.48. The first kappa shape index (κ1) is 16.9. The number of alkyl halides is 3. The molecular formula is C17H11ClF3NO. The molecule has 0 aliphatic heterocycles. The molecule has 2 nitrogen and oxygen atoms in total. The number of carbonyl (C=O) groups is 1. The number of rotatable bonds is 2. The Hall–Kier alpha value is -2.45. The lowest BCUT2D eigenvalue weighted by atomic mass is 10.1. The molecule has 0 unspecified atom stereocenters. The van der Waals surface area contributed by atoms with Crippen LogP contribution in [0.4, 0.5) is 13.2 Å². The van der Waals surface area contributed by atoms with Crippen molar-refractivity contribution in [2.24, 2.45) is 0 Å². The van der Waals surface area contributed by atoms with Crippen LogP contribution in [0.2, 0.25) is 5.02 Å². The van der Waals surface area contributed by atoms with E-state index in [0.717, 1.165) is 12.1 Å². The Morgan fingerprint density at radius 2 is 1.87 bits per heavy atom. The topological polar surface area (TPSA) is 29.1 Å². The molecule has 0 spiro atoms. The average molecular weight is 338 g/mol. The van der Waals surface area contributed by atoms with Gasteiger partial charge < -0.3 is 5.32 Å². The highest BCUT2D eigenvalue weighted by Crippen LogP contribution is 2.29. The van der Waals surface area contributed by atoms with Gasteiger partial charge in [0.15, 0.2) is 0 Å². The predicted octanol–water partition coefficient (Wildman–Crippen LogP) is 4.14. The van der Waals surface area contributed by atoms with Crippen LogP contribution in [0.3, 0.4) is 0 Å². The van der Waals surface area contributed by atoms with Gasteiger partial charge in [0.25, 0.3) is 5.91 Å². The second-order valence-corrected chi connectivity index (χ2v) is 5.01. The van der Waals surface area contributed by atoms with Crippen LogP contribution >= 0.6 is 11.6 Å². The minimum absolute atomic E-state index is 0.0155. The summed E-state index contributed by atoms with van der Waals surface area (Å²) < 4.78 is 37.8. The third-order valence-electron chi connectivity index (χ3n) is 2.85. The van der Waals surface area contributed by atoms with Crippen molar-refractivity contribution in [3.63, 3.8) is 0 Å². The van der Waals surface area contributed by atoms with E-state index < -0.39 is 17.6 Å². The number of nitrogens with one attached hydrogen (secondary N) is 1. The molecule has 1 amide bonds. The smallest absolute Gasteiger partial charge is 0.341 e. The van der Waals surface area contributed by atoms with Crippen molar-refractivity contribution < 1.29 is 18.0 Å². The van der Waals surface area contributed by atoms with Crippen LogP contribution in [-0.2, 0) is 6.18 Å². The third-order valence-corrected chi connectivity index (χ3v) is 3.08. The summed E-state index contributed by atoms with van der Waals surface area (Å²) in [5, 5.41) is 3.00. The number of halogens is 4. The molecule has 0 radical (unpaired) electrons. The van der Waals surface area contributed by atoms with Crippen LogP contribution in [0, 0.1) is 11.8 Å². The van der Waals surface area contributed by atoms with E-state index in [-0.39, 0.29) is 12.1 Å². The van der Waals surface area contributed by atoms with E-state index >= 15 is 0 Å². The molecule has 2 rings (SSSR count). The summed E-state index contributed by atoms with van der Waals surface area (Å²) in [5.41, 5.74) is -0.245. The molecule has 0 atom stereocenters. The van der Waals surface area contributed by atoms with Gasteiger partial charge in [-0.1, -0.05) is 35.6 Å². The lowest BCUT2D eigenvalue weighted by Crippen LogP contribution is -2.24. The average Bonchev–Trinajstić information content (AvgIpc) is 2.51. The van der Waals surface area contributed by atoms with Crippen molar-refractivity contribution in [1.29, 1.82) is 0 Å². The first-order valence-corrected chi connectivity index (χ1v) is 6.94. The van der Waals surface area contributed by atoms with Gasteiger partial charge in [0.05, 0.1) is 12.1 Å². The fourth-order valence-corrected chi connectivity index (χ4v) is 1.97. The predicted molar refractivity (Wildman–Crippen MR) is 82.1 cm³/mol. The fourth-order valence-electron chi connectivity index (χ4n) is 1.78.